The minimum absolute atomic E-state index is 0.0822. The van der Waals surface area contributed by atoms with E-state index in [4.69, 9.17) is 11.5 Å². The van der Waals surface area contributed by atoms with Gasteiger partial charge in [0, 0.05) is 6.54 Å². The van der Waals surface area contributed by atoms with Crippen molar-refractivity contribution in [2.75, 3.05) is 13.6 Å². The van der Waals surface area contributed by atoms with Crippen LogP contribution in [0, 0.1) is 0 Å². The summed E-state index contributed by atoms with van der Waals surface area (Å²) in [5.74, 6) is -0.468. The van der Waals surface area contributed by atoms with E-state index in [0.29, 0.717) is 0 Å². The number of nitrogens with zero attached hydrogens (tertiary/aromatic N) is 2. The summed E-state index contributed by atoms with van der Waals surface area (Å²) >= 11 is 0. The van der Waals surface area contributed by atoms with Crippen molar-refractivity contribution in [3.8, 4) is 0 Å². The molecule has 1 aromatic rings. The van der Waals surface area contributed by atoms with E-state index < -0.39 is 16.0 Å². The molecule has 0 aliphatic rings. The second-order valence-corrected chi connectivity index (χ2v) is 5.57. The van der Waals surface area contributed by atoms with Crippen LogP contribution < -0.4 is 11.5 Å². The Morgan fingerprint density at radius 3 is 2.28 bits per heavy atom. The molecular formula is C11H18N4O2S. The molecule has 0 saturated carbocycles. The van der Waals surface area contributed by atoms with Crippen molar-refractivity contribution in [3.05, 3.63) is 29.8 Å². The van der Waals surface area contributed by atoms with Crippen molar-refractivity contribution in [1.82, 2.24) is 4.90 Å². The summed E-state index contributed by atoms with van der Waals surface area (Å²) in [6.07, 6.45) is 0. The summed E-state index contributed by atoms with van der Waals surface area (Å²) in [4.78, 5) is 2.19. The highest BCUT2D eigenvalue weighted by Gasteiger charge is 2.12. The quantitative estimate of drug-likeness (QED) is 0.583. The van der Waals surface area contributed by atoms with Gasteiger partial charge in [-0.3, -0.25) is 0 Å². The van der Waals surface area contributed by atoms with Gasteiger partial charge in [-0.2, -0.15) is 8.42 Å². The van der Waals surface area contributed by atoms with Gasteiger partial charge >= 0.3 is 0 Å². The molecule has 0 aromatic heterocycles. The molecule has 100 valence electrons. The van der Waals surface area contributed by atoms with E-state index >= 15 is 0 Å². The predicted molar refractivity (Wildman–Crippen MR) is 71.4 cm³/mol. The summed E-state index contributed by atoms with van der Waals surface area (Å²) in [7, 11) is -1.80. The maximum Gasteiger partial charge on any atom is 0.285 e. The van der Waals surface area contributed by atoms with Crippen molar-refractivity contribution in [2.45, 2.75) is 18.4 Å². The highest BCUT2D eigenvalue weighted by atomic mass is 32.2. The molecule has 0 spiro atoms. The Kier molecular flexibility index (Phi) is 4.69. The van der Waals surface area contributed by atoms with Gasteiger partial charge in [-0.1, -0.05) is 19.1 Å². The maximum atomic E-state index is 11.7. The third kappa shape index (κ3) is 4.01. The first-order valence-corrected chi connectivity index (χ1v) is 6.92. The van der Waals surface area contributed by atoms with Crippen molar-refractivity contribution in [3.63, 3.8) is 0 Å². The zero-order chi connectivity index (χ0) is 13.8. The molecule has 0 aliphatic carbocycles. The fourth-order valence-corrected chi connectivity index (χ4v) is 2.24. The zero-order valence-electron chi connectivity index (χ0n) is 10.5. The molecule has 0 saturated heterocycles. The number of rotatable bonds is 5. The van der Waals surface area contributed by atoms with Gasteiger partial charge in [-0.25, -0.2) is 0 Å². The molecule has 4 N–H and O–H groups in total. The fourth-order valence-electron chi connectivity index (χ4n) is 1.38. The van der Waals surface area contributed by atoms with E-state index in [-0.39, 0.29) is 4.90 Å². The monoisotopic (exact) mass is 270 g/mol. The van der Waals surface area contributed by atoms with Crippen LogP contribution in [-0.4, -0.2) is 32.9 Å². The van der Waals surface area contributed by atoms with Crippen molar-refractivity contribution in [2.24, 2.45) is 15.9 Å². The molecule has 0 aliphatic heterocycles. The molecule has 18 heavy (non-hydrogen) atoms. The first kappa shape index (κ1) is 14.5. The lowest BCUT2D eigenvalue weighted by Gasteiger charge is -2.13. The van der Waals surface area contributed by atoms with E-state index in [9.17, 15) is 8.42 Å². The van der Waals surface area contributed by atoms with Gasteiger partial charge in [0.2, 0.25) is 5.96 Å². The maximum absolute atomic E-state index is 11.7. The Balaban J connectivity index is 2.93. The van der Waals surface area contributed by atoms with Gasteiger partial charge in [0.25, 0.3) is 10.0 Å². The molecule has 6 nitrogen and oxygen atoms in total. The molecular weight excluding hydrogens is 252 g/mol. The van der Waals surface area contributed by atoms with Gasteiger partial charge in [-0.05, 0) is 31.3 Å². The highest BCUT2D eigenvalue weighted by Crippen LogP contribution is 2.14. The molecule has 0 radical (unpaired) electrons. The normalized spacial score (nSPS) is 11.5. The van der Waals surface area contributed by atoms with E-state index in [1.54, 1.807) is 12.1 Å². The average Bonchev–Trinajstić information content (AvgIpc) is 2.28. The topological polar surface area (TPSA) is 102 Å². The molecule has 0 atom stereocenters. The van der Waals surface area contributed by atoms with E-state index in [1.807, 2.05) is 7.05 Å². The third-order valence-corrected chi connectivity index (χ3v) is 3.76. The lowest BCUT2D eigenvalue weighted by atomic mass is 10.2. The van der Waals surface area contributed by atoms with Crippen LogP contribution in [0.1, 0.15) is 12.5 Å². The van der Waals surface area contributed by atoms with Gasteiger partial charge in [0.15, 0.2) is 0 Å². The number of nitrogens with two attached hydrogens (primary N) is 2. The molecule has 0 heterocycles. The first-order chi connectivity index (χ1) is 8.35. The molecule has 0 unspecified atom stereocenters. The minimum Gasteiger partial charge on any atom is -0.369 e. The SMILES string of the molecule is CCN(C)Cc1ccc(S(=O)(=O)N=C(N)N)cc1. The lowest BCUT2D eigenvalue weighted by molar-refractivity contribution is 0.345. The standard InChI is InChI=1S/C11H18N4O2S/c1-3-15(2)8-9-4-6-10(7-5-9)18(16,17)14-11(12)13/h4-7H,3,8H2,1-2H3,(H4,12,13,14). The van der Waals surface area contributed by atoms with Crippen LogP contribution in [0.4, 0.5) is 0 Å². The second kappa shape index (κ2) is 5.83. The molecule has 7 heteroatoms. The van der Waals surface area contributed by atoms with Crippen LogP contribution in [0.2, 0.25) is 0 Å². The van der Waals surface area contributed by atoms with Gasteiger partial charge in [0.05, 0.1) is 4.90 Å². The summed E-state index contributed by atoms with van der Waals surface area (Å²) in [5.41, 5.74) is 11.2. The highest BCUT2D eigenvalue weighted by molar-refractivity contribution is 7.90. The first-order valence-electron chi connectivity index (χ1n) is 5.48. The van der Waals surface area contributed by atoms with Gasteiger partial charge < -0.3 is 16.4 Å². The van der Waals surface area contributed by atoms with Crippen LogP contribution in [0.5, 0.6) is 0 Å². The summed E-state index contributed by atoms with van der Waals surface area (Å²) < 4.78 is 26.6. The molecule has 1 aromatic carbocycles. The molecule has 0 fully saturated rings. The van der Waals surface area contributed by atoms with Gasteiger partial charge in [0.1, 0.15) is 0 Å². The Morgan fingerprint density at radius 2 is 1.83 bits per heavy atom. The van der Waals surface area contributed by atoms with E-state index in [1.165, 1.54) is 12.1 Å². The number of benzene rings is 1. The van der Waals surface area contributed by atoms with Crippen molar-refractivity contribution >= 4 is 16.0 Å². The van der Waals surface area contributed by atoms with Crippen LogP contribution in [0.15, 0.2) is 33.6 Å². The van der Waals surface area contributed by atoms with Gasteiger partial charge in [-0.15, -0.1) is 4.40 Å². The van der Waals surface area contributed by atoms with E-state index in [2.05, 4.69) is 16.2 Å². The summed E-state index contributed by atoms with van der Waals surface area (Å²) in [5, 5.41) is 0. The van der Waals surface area contributed by atoms with Crippen LogP contribution in [0.3, 0.4) is 0 Å². The van der Waals surface area contributed by atoms with E-state index in [0.717, 1.165) is 18.7 Å². The Bertz CT molecular complexity index is 518. The number of sulfonamides is 1. The number of hydrogen-bond donors (Lipinski definition) is 2. The predicted octanol–water partition coefficient (Wildman–Crippen LogP) is 0.100. The second-order valence-electron chi connectivity index (χ2n) is 3.97. The van der Waals surface area contributed by atoms with Crippen molar-refractivity contribution in [1.29, 1.82) is 0 Å². The molecule has 1 rings (SSSR count). The third-order valence-electron chi connectivity index (χ3n) is 2.44. The summed E-state index contributed by atoms with van der Waals surface area (Å²) in [6, 6.07) is 6.50. The molecule has 0 bridgehead atoms. The lowest BCUT2D eigenvalue weighted by Crippen LogP contribution is -2.24. The molecule has 0 amide bonds. The number of guanidine groups is 1. The Morgan fingerprint density at radius 1 is 1.28 bits per heavy atom. The zero-order valence-corrected chi connectivity index (χ0v) is 11.3. The Hall–Kier alpha value is -1.60. The van der Waals surface area contributed by atoms with Crippen LogP contribution >= 0.6 is 0 Å². The van der Waals surface area contributed by atoms with Crippen LogP contribution in [0.25, 0.3) is 0 Å². The fraction of sp³-hybridized carbons (Fsp3) is 0.364. The summed E-state index contributed by atoms with van der Waals surface area (Å²) in [6.45, 7) is 3.74. The smallest absolute Gasteiger partial charge is 0.285 e. The number of hydrogen-bond acceptors (Lipinski definition) is 3. The largest absolute Gasteiger partial charge is 0.369 e. The minimum atomic E-state index is -3.79. The van der Waals surface area contributed by atoms with Crippen LogP contribution in [-0.2, 0) is 16.6 Å². The Labute approximate surface area is 107 Å². The average molecular weight is 270 g/mol. The van der Waals surface area contributed by atoms with Crippen molar-refractivity contribution < 1.29 is 8.42 Å².